The summed E-state index contributed by atoms with van der Waals surface area (Å²) >= 11 is 0. The zero-order valence-electron chi connectivity index (χ0n) is 52.2. The van der Waals surface area contributed by atoms with E-state index in [-0.39, 0.29) is 18.5 Å². The number of amides is 1. The molecule has 0 aliphatic carbocycles. The lowest BCUT2D eigenvalue weighted by molar-refractivity contribution is -0.143. The molecule has 0 rings (SSSR count). The highest BCUT2D eigenvalue weighted by Gasteiger charge is 2.18. The molecule has 0 saturated carbocycles. The SMILES string of the molecule is CCCCCCCCC/C=C\CCCCCCCC(=O)OCCCCCCCCCCCCCCCCCCCCCCCCCC(=O)NC(CO)C(O)/C=C/CCCCCCCCCCCCCCCCCCCCC. The van der Waals surface area contributed by atoms with E-state index in [1.807, 2.05) is 6.08 Å². The van der Waals surface area contributed by atoms with Crippen molar-refractivity contribution < 1.29 is 24.5 Å². The van der Waals surface area contributed by atoms with Crippen molar-refractivity contribution in [2.75, 3.05) is 13.2 Å². The molecule has 6 heteroatoms. The molecule has 0 spiro atoms. The number of hydrogen-bond donors (Lipinski definition) is 3. The molecule has 0 aliphatic rings. The first-order chi connectivity index (χ1) is 38.0. The lowest BCUT2D eigenvalue weighted by atomic mass is 10.0. The van der Waals surface area contributed by atoms with Crippen molar-refractivity contribution in [3.05, 3.63) is 24.3 Å². The van der Waals surface area contributed by atoms with Crippen molar-refractivity contribution in [3.8, 4) is 0 Å². The van der Waals surface area contributed by atoms with Crippen LogP contribution in [-0.2, 0) is 14.3 Å². The standard InChI is InChI=1S/C71H137NO5/c1-3-5-7-9-11-13-15-17-19-21-22-26-29-32-35-39-43-47-51-55-59-63-69(74)68(67-73)72-70(75)64-60-56-52-48-44-40-36-33-30-27-24-23-25-28-31-34-38-42-46-50-54-58-62-66-77-71(76)65-61-57-53-49-45-41-37-20-18-16-14-12-10-8-6-4-2/h20,37,59,63,68-69,73-74H,3-19,21-36,38-58,60-62,64-67H2,1-2H3,(H,72,75)/b37-20-,63-59+. The van der Waals surface area contributed by atoms with Crippen molar-refractivity contribution in [3.63, 3.8) is 0 Å². The molecule has 0 heterocycles. The summed E-state index contributed by atoms with van der Waals surface area (Å²) in [5, 5.41) is 23.2. The zero-order valence-corrected chi connectivity index (χ0v) is 52.2. The van der Waals surface area contributed by atoms with E-state index in [9.17, 15) is 19.8 Å². The number of rotatable bonds is 66. The van der Waals surface area contributed by atoms with Gasteiger partial charge in [-0.15, -0.1) is 0 Å². The van der Waals surface area contributed by atoms with E-state index in [4.69, 9.17) is 4.74 Å². The second-order valence-corrected chi connectivity index (χ2v) is 24.2. The third kappa shape index (κ3) is 63.4. The Kier molecular flexibility index (Phi) is 65.4. The summed E-state index contributed by atoms with van der Waals surface area (Å²) in [5.74, 6) is -0.0562. The highest BCUT2D eigenvalue weighted by Crippen LogP contribution is 2.19. The minimum Gasteiger partial charge on any atom is -0.466 e. The highest BCUT2D eigenvalue weighted by atomic mass is 16.5. The van der Waals surface area contributed by atoms with E-state index in [0.717, 1.165) is 44.9 Å². The van der Waals surface area contributed by atoms with Gasteiger partial charge in [0, 0.05) is 12.8 Å². The van der Waals surface area contributed by atoms with Crippen LogP contribution in [0.4, 0.5) is 0 Å². The van der Waals surface area contributed by atoms with Gasteiger partial charge in [0.2, 0.25) is 5.91 Å². The number of aliphatic hydroxyl groups is 2. The second kappa shape index (κ2) is 66.8. The quantitative estimate of drug-likeness (QED) is 0.0320. The van der Waals surface area contributed by atoms with E-state index >= 15 is 0 Å². The highest BCUT2D eigenvalue weighted by molar-refractivity contribution is 5.76. The Bertz CT molecular complexity index is 1200. The van der Waals surface area contributed by atoms with E-state index in [0.29, 0.717) is 19.4 Å². The number of unbranched alkanes of at least 4 members (excludes halogenated alkanes) is 53. The van der Waals surface area contributed by atoms with Crippen LogP contribution in [0.25, 0.3) is 0 Å². The Morgan fingerprint density at radius 2 is 0.610 bits per heavy atom. The van der Waals surface area contributed by atoms with Crippen LogP contribution >= 0.6 is 0 Å². The van der Waals surface area contributed by atoms with Gasteiger partial charge in [0.15, 0.2) is 0 Å². The van der Waals surface area contributed by atoms with Gasteiger partial charge in [0.1, 0.15) is 0 Å². The number of aliphatic hydroxyl groups excluding tert-OH is 2. The number of hydrogen-bond acceptors (Lipinski definition) is 5. The van der Waals surface area contributed by atoms with Gasteiger partial charge in [0.25, 0.3) is 0 Å². The Morgan fingerprint density at radius 1 is 0.351 bits per heavy atom. The minimum absolute atomic E-state index is 0.00736. The molecule has 1 amide bonds. The summed E-state index contributed by atoms with van der Waals surface area (Å²) in [6.07, 6.45) is 83.9. The minimum atomic E-state index is -0.845. The summed E-state index contributed by atoms with van der Waals surface area (Å²) < 4.78 is 5.49. The lowest BCUT2D eigenvalue weighted by Crippen LogP contribution is -2.45. The fourth-order valence-corrected chi connectivity index (χ4v) is 11.1. The number of allylic oxidation sites excluding steroid dienone is 3. The van der Waals surface area contributed by atoms with Crippen LogP contribution in [0.2, 0.25) is 0 Å². The van der Waals surface area contributed by atoms with E-state index in [1.165, 1.54) is 321 Å². The summed E-state index contributed by atoms with van der Waals surface area (Å²) in [4.78, 5) is 24.6. The Balaban J connectivity index is 3.40. The first kappa shape index (κ1) is 75.3. The van der Waals surface area contributed by atoms with E-state index in [1.54, 1.807) is 6.08 Å². The number of esters is 1. The number of carbonyl (C=O) groups is 2. The van der Waals surface area contributed by atoms with Gasteiger partial charge in [0.05, 0.1) is 25.4 Å². The smallest absolute Gasteiger partial charge is 0.305 e. The van der Waals surface area contributed by atoms with Crippen molar-refractivity contribution in [1.29, 1.82) is 0 Å². The van der Waals surface area contributed by atoms with Gasteiger partial charge in [-0.25, -0.2) is 0 Å². The van der Waals surface area contributed by atoms with Gasteiger partial charge in [-0.2, -0.15) is 0 Å². The maximum absolute atomic E-state index is 12.5. The maximum atomic E-state index is 12.5. The molecule has 2 unspecified atom stereocenters. The third-order valence-electron chi connectivity index (χ3n) is 16.5. The van der Waals surface area contributed by atoms with Crippen molar-refractivity contribution in [1.82, 2.24) is 5.32 Å². The topological polar surface area (TPSA) is 95.9 Å². The van der Waals surface area contributed by atoms with Crippen LogP contribution in [0, 0.1) is 0 Å². The van der Waals surface area contributed by atoms with Crippen LogP contribution < -0.4 is 5.32 Å². The van der Waals surface area contributed by atoms with Crippen LogP contribution in [0.15, 0.2) is 24.3 Å². The third-order valence-corrected chi connectivity index (χ3v) is 16.5. The first-order valence-corrected chi connectivity index (χ1v) is 35.1. The zero-order chi connectivity index (χ0) is 55.7. The first-order valence-electron chi connectivity index (χ1n) is 35.1. The molecule has 2 atom stereocenters. The molecular formula is C71H137NO5. The molecule has 77 heavy (non-hydrogen) atoms. The Labute approximate surface area is 481 Å². The average Bonchev–Trinajstić information content (AvgIpc) is 3.43. The molecule has 6 nitrogen and oxygen atoms in total. The molecule has 0 bridgehead atoms. The molecule has 0 aliphatic heterocycles. The maximum Gasteiger partial charge on any atom is 0.305 e. The van der Waals surface area contributed by atoms with Gasteiger partial charge >= 0.3 is 5.97 Å². The van der Waals surface area contributed by atoms with Gasteiger partial charge < -0.3 is 20.3 Å². The largest absolute Gasteiger partial charge is 0.466 e. The summed E-state index contributed by atoms with van der Waals surface area (Å²) in [7, 11) is 0. The Morgan fingerprint density at radius 3 is 0.922 bits per heavy atom. The molecular weight excluding hydrogens is 947 g/mol. The van der Waals surface area contributed by atoms with Crippen molar-refractivity contribution in [2.24, 2.45) is 0 Å². The number of carbonyl (C=O) groups excluding carboxylic acids is 2. The molecule has 0 radical (unpaired) electrons. The van der Waals surface area contributed by atoms with Crippen LogP contribution in [0.5, 0.6) is 0 Å². The monoisotopic (exact) mass is 1080 g/mol. The molecule has 0 aromatic carbocycles. The van der Waals surface area contributed by atoms with Gasteiger partial charge in [-0.3, -0.25) is 9.59 Å². The van der Waals surface area contributed by atoms with Gasteiger partial charge in [-0.1, -0.05) is 346 Å². The van der Waals surface area contributed by atoms with E-state index < -0.39 is 12.1 Å². The predicted octanol–water partition coefficient (Wildman–Crippen LogP) is 22.5. The van der Waals surface area contributed by atoms with Crippen molar-refractivity contribution >= 4 is 11.9 Å². The fourth-order valence-electron chi connectivity index (χ4n) is 11.1. The summed E-state index contributed by atoms with van der Waals surface area (Å²) in [6.45, 7) is 4.94. The second-order valence-electron chi connectivity index (χ2n) is 24.2. The normalized spacial score (nSPS) is 12.6. The summed E-state index contributed by atoms with van der Waals surface area (Å²) in [5.41, 5.74) is 0. The summed E-state index contributed by atoms with van der Waals surface area (Å²) in [6, 6.07) is -0.628. The molecule has 456 valence electrons. The van der Waals surface area contributed by atoms with Gasteiger partial charge in [-0.05, 0) is 57.8 Å². The molecule has 0 aromatic rings. The van der Waals surface area contributed by atoms with Crippen LogP contribution in [0.3, 0.4) is 0 Å². The molecule has 0 aromatic heterocycles. The average molecular weight is 1080 g/mol. The van der Waals surface area contributed by atoms with Crippen molar-refractivity contribution in [2.45, 2.75) is 405 Å². The number of nitrogens with one attached hydrogen (secondary N) is 1. The fraction of sp³-hybridized carbons (Fsp3) is 0.915. The number of ether oxygens (including phenoxy) is 1. The Hall–Kier alpha value is -1.66. The molecule has 3 N–H and O–H groups in total. The van der Waals surface area contributed by atoms with E-state index in [2.05, 4.69) is 31.3 Å². The molecule has 0 fully saturated rings. The van der Waals surface area contributed by atoms with Crippen LogP contribution in [-0.4, -0.2) is 47.4 Å². The molecule has 0 saturated heterocycles. The lowest BCUT2D eigenvalue weighted by Gasteiger charge is -2.20. The van der Waals surface area contributed by atoms with Crippen LogP contribution in [0.1, 0.15) is 393 Å². The predicted molar refractivity (Wildman–Crippen MR) is 338 cm³/mol.